The maximum Gasteiger partial charge on any atom is 0.170 e. The van der Waals surface area contributed by atoms with E-state index in [1.54, 1.807) is 0 Å². The number of aliphatic hydroxyl groups excluding tert-OH is 1. The topological polar surface area (TPSA) is 67.1 Å². The van der Waals surface area contributed by atoms with Crippen LogP contribution in [0.1, 0.15) is 19.2 Å². The zero-order chi connectivity index (χ0) is 13.5. The Morgan fingerprint density at radius 2 is 2.05 bits per heavy atom. The van der Waals surface area contributed by atoms with Gasteiger partial charge in [0.25, 0.3) is 0 Å². The van der Waals surface area contributed by atoms with Gasteiger partial charge in [-0.1, -0.05) is 25.1 Å². The van der Waals surface area contributed by atoms with Gasteiger partial charge in [0.2, 0.25) is 0 Å². The average molecular weight is 261 g/mol. The highest BCUT2D eigenvalue weighted by molar-refractivity contribution is 5.45. The summed E-state index contributed by atoms with van der Waals surface area (Å²) in [4.78, 5) is 2.07. The number of rotatable bonds is 7. The third kappa shape index (κ3) is 3.51. The van der Waals surface area contributed by atoms with Crippen molar-refractivity contribution in [3.05, 3.63) is 36.2 Å². The van der Waals surface area contributed by atoms with Gasteiger partial charge in [-0.2, -0.15) is 0 Å². The van der Waals surface area contributed by atoms with E-state index in [1.165, 1.54) is 0 Å². The zero-order valence-electron chi connectivity index (χ0n) is 11.1. The van der Waals surface area contributed by atoms with Crippen molar-refractivity contribution in [2.45, 2.75) is 26.4 Å². The van der Waals surface area contributed by atoms with Crippen molar-refractivity contribution in [2.24, 2.45) is 0 Å². The Hall–Kier alpha value is -1.95. The number of benzene rings is 1. The van der Waals surface area contributed by atoms with E-state index < -0.39 is 0 Å². The number of para-hydroxylation sites is 1. The first kappa shape index (κ1) is 13.5. The van der Waals surface area contributed by atoms with E-state index in [0.29, 0.717) is 13.1 Å². The third-order valence-corrected chi connectivity index (χ3v) is 2.87. The Morgan fingerprint density at radius 3 is 2.74 bits per heavy atom. The lowest BCUT2D eigenvalue weighted by atomic mass is 10.3. The van der Waals surface area contributed by atoms with Crippen LogP contribution < -0.4 is 4.90 Å². The molecule has 0 aliphatic rings. The number of nitrogens with zero attached hydrogens (tertiary/aromatic N) is 5. The smallest absolute Gasteiger partial charge is 0.170 e. The SMILES string of the molecule is CCCn1nnnc1CN(CCO)c1ccccc1. The molecular formula is C13H19N5O. The van der Waals surface area contributed by atoms with E-state index in [0.717, 1.165) is 24.5 Å². The predicted molar refractivity (Wildman–Crippen MR) is 72.7 cm³/mol. The number of tetrazole rings is 1. The normalized spacial score (nSPS) is 10.6. The van der Waals surface area contributed by atoms with Crippen LogP contribution in [0.4, 0.5) is 5.69 Å². The van der Waals surface area contributed by atoms with Crippen molar-refractivity contribution in [2.75, 3.05) is 18.1 Å². The van der Waals surface area contributed by atoms with Crippen LogP contribution in [-0.2, 0) is 13.1 Å². The van der Waals surface area contributed by atoms with Crippen LogP contribution in [-0.4, -0.2) is 38.5 Å². The van der Waals surface area contributed by atoms with Gasteiger partial charge in [0.15, 0.2) is 5.82 Å². The minimum absolute atomic E-state index is 0.101. The Balaban J connectivity index is 2.14. The molecule has 0 spiro atoms. The van der Waals surface area contributed by atoms with Crippen molar-refractivity contribution in [1.82, 2.24) is 20.2 Å². The molecule has 0 bridgehead atoms. The van der Waals surface area contributed by atoms with Gasteiger partial charge in [-0.3, -0.25) is 0 Å². The van der Waals surface area contributed by atoms with Gasteiger partial charge < -0.3 is 10.0 Å². The Kier molecular flexibility index (Phi) is 4.85. The highest BCUT2D eigenvalue weighted by Crippen LogP contribution is 2.15. The summed E-state index contributed by atoms with van der Waals surface area (Å²) in [5.41, 5.74) is 1.06. The Morgan fingerprint density at radius 1 is 1.26 bits per heavy atom. The lowest BCUT2D eigenvalue weighted by Crippen LogP contribution is -2.28. The highest BCUT2D eigenvalue weighted by atomic mass is 16.3. The number of aliphatic hydroxyl groups is 1. The molecule has 19 heavy (non-hydrogen) atoms. The van der Waals surface area contributed by atoms with Gasteiger partial charge in [0, 0.05) is 18.8 Å². The van der Waals surface area contributed by atoms with Crippen LogP contribution >= 0.6 is 0 Å². The lowest BCUT2D eigenvalue weighted by molar-refractivity contribution is 0.301. The quantitative estimate of drug-likeness (QED) is 0.808. The molecule has 0 aliphatic carbocycles. The summed E-state index contributed by atoms with van der Waals surface area (Å²) >= 11 is 0. The second-order valence-corrected chi connectivity index (χ2v) is 4.30. The first-order chi connectivity index (χ1) is 9.35. The van der Waals surface area contributed by atoms with Crippen LogP contribution in [0.25, 0.3) is 0 Å². The Labute approximate surface area is 112 Å². The lowest BCUT2D eigenvalue weighted by Gasteiger charge is -2.23. The number of aryl methyl sites for hydroxylation is 1. The molecule has 6 nitrogen and oxygen atoms in total. The van der Waals surface area contributed by atoms with E-state index in [4.69, 9.17) is 0 Å². The molecule has 0 radical (unpaired) electrons. The fourth-order valence-corrected chi connectivity index (χ4v) is 1.95. The second kappa shape index (κ2) is 6.84. The molecule has 0 amide bonds. The second-order valence-electron chi connectivity index (χ2n) is 4.30. The van der Waals surface area contributed by atoms with E-state index >= 15 is 0 Å². The molecule has 1 aromatic heterocycles. The molecule has 2 rings (SSSR count). The summed E-state index contributed by atoms with van der Waals surface area (Å²) < 4.78 is 1.81. The summed E-state index contributed by atoms with van der Waals surface area (Å²) in [7, 11) is 0. The van der Waals surface area contributed by atoms with Crippen molar-refractivity contribution in [3.8, 4) is 0 Å². The first-order valence-corrected chi connectivity index (χ1v) is 6.51. The summed E-state index contributed by atoms with van der Waals surface area (Å²) in [5, 5.41) is 21.0. The molecule has 1 heterocycles. The zero-order valence-corrected chi connectivity index (χ0v) is 11.1. The van der Waals surface area contributed by atoms with E-state index in [9.17, 15) is 5.11 Å². The predicted octanol–water partition coefficient (Wildman–Crippen LogP) is 1.08. The van der Waals surface area contributed by atoms with E-state index in [1.807, 2.05) is 35.0 Å². The third-order valence-electron chi connectivity index (χ3n) is 2.87. The van der Waals surface area contributed by atoms with Crippen molar-refractivity contribution in [3.63, 3.8) is 0 Å². The van der Waals surface area contributed by atoms with E-state index in [-0.39, 0.29) is 6.61 Å². The van der Waals surface area contributed by atoms with Crippen molar-refractivity contribution < 1.29 is 5.11 Å². The van der Waals surface area contributed by atoms with Gasteiger partial charge in [0.05, 0.1) is 13.2 Å². The number of anilines is 1. The molecule has 2 aromatic rings. The minimum atomic E-state index is 0.101. The van der Waals surface area contributed by atoms with Gasteiger partial charge in [-0.15, -0.1) is 5.10 Å². The van der Waals surface area contributed by atoms with Gasteiger partial charge >= 0.3 is 0 Å². The minimum Gasteiger partial charge on any atom is -0.395 e. The number of aromatic nitrogens is 4. The Bertz CT molecular complexity index is 485. The van der Waals surface area contributed by atoms with Gasteiger partial charge in [-0.05, 0) is 29.0 Å². The number of hydrogen-bond acceptors (Lipinski definition) is 5. The molecule has 1 N–H and O–H groups in total. The number of hydrogen-bond donors (Lipinski definition) is 1. The largest absolute Gasteiger partial charge is 0.395 e. The fraction of sp³-hybridized carbons (Fsp3) is 0.462. The molecule has 1 aromatic carbocycles. The standard InChI is InChI=1S/C13H19N5O/c1-2-8-18-13(14-15-16-18)11-17(9-10-19)12-6-4-3-5-7-12/h3-7,19H,2,8-11H2,1H3. The maximum atomic E-state index is 9.20. The van der Waals surface area contributed by atoms with Crippen molar-refractivity contribution >= 4 is 5.69 Å². The summed E-state index contributed by atoms with van der Waals surface area (Å²) in [6.45, 7) is 4.16. The fourth-order valence-electron chi connectivity index (χ4n) is 1.95. The molecule has 102 valence electrons. The first-order valence-electron chi connectivity index (χ1n) is 6.51. The van der Waals surface area contributed by atoms with Crippen LogP contribution in [0, 0.1) is 0 Å². The molecule has 0 saturated heterocycles. The molecule has 0 unspecified atom stereocenters. The van der Waals surface area contributed by atoms with Crippen LogP contribution in [0.3, 0.4) is 0 Å². The van der Waals surface area contributed by atoms with E-state index in [2.05, 4.69) is 27.3 Å². The van der Waals surface area contributed by atoms with Crippen LogP contribution in [0.15, 0.2) is 30.3 Å². The van der Waals surface area contributed by atoms with Gasteiger partial charge in [-0.25, -0.2) is 4.68 Å². The van der Waals surface area contributed by atoms with Crippen LogP contribution in [0.5, 0.6) is 0 Å². The maximum absolute atomic E-state index is 9.20. The molecule has 0 aliphatic heterocycles. The molecule has 0 fully saturated rings. The summed E-state index contributed by atoms with van der Waals surface area (Å²) in [5.74, 6) is 0.819. The van der Waals surface area contributed by atoms with Gasteiger partial charge in [0.1, 0.15) is 0 Å². The molecule has 6 heteroatoms. The molecule has 0 atom stereocenters. The molecular weight excluding hydrogens is 242 g/mol. The summed E-state index contributed by atoms with van der Waals surface area (Å²) in [6, 6.07) is 9.97. The molecule has 0 saturated carbocycles. The average Bonchev–Trinajstić information content (AvgIpc) is 2.87. The van der Waals surface area contributed by atoms with Crippen LogP contribution in [0.2, 0.25) is 0 Å². The monoisotopic (exact) mass is 261 g/mol. The van der Waals surface area contributed by atoms with Crippen molar-refractivity contribution in [1.29, 1.82) is 0 Å². The summed E-state index contributed by atoms with van der Waals surface area (Å²) in [6.07, 6.45) is 0.989. The highest BCUT2D eigenvalue weighted by Gasteiger charge is 2.12.